The molecule has 0 aliphatic heterocycles. The van der Waals surface area contributed by atoms with Crippen molar-refractivity contribution in [2.75, 3.05) is 11.8 Å². The maximum absolute atomic E-state index is 13.8. The summed E-state index contributed by atoms with van der Waals surface area (Å²) in [6.07, 6.45) is 2.84. The summed E-state index contributed by atoms with van der Waals surface area (Å²) in [4.78, 5) is 4.57. The van der Waals surface area contributed by atoms with Crippen LogP contribution in [0.2, 0.25) is 0 Å². The zero-order valence-electron chi connectivity index (χ0n) is 19.1. The van der Waals surface area contributed by atoms with E-state index in [4.69, 9.17) is 4.74 Å². The van der Waals surface area contributed by atoms with Crippen LogP contribution in [0.5, 0.6) is 5.75 Å². The molecule has 0 aliphatic carbocycles. The molecule has 0 aliphatic rings. The van der Waals surface area contributed by atoms with E-state index >= 15 is 0 Å². The first-order valence-corrected chi connectivity index (χ1v) is 12.2. The van der Waals surface area contributed by atoms with Gasteiger partial charge in [0.05, 0.1) is 17.7 Å². The SMILES string of the molecule is COc1cc(-c2cc(F)cc(F)c2)c(C)cc1-c1nccc2cc(S(=O)(=O)Nc3ccon3)ccc12. The molecule has 0 saturated carbocycles. The Morgan fingerprint density at radius 3 is 2.42 bits per heavy atom. The lowest BCUT2D eigenvalue weighted by Gasteiger charge is -2.15. The number of hydrogen-bond acceptors (Lipinski definition) is 6. The van der Waals surface area contributed by atoms with Gasteiger partial charge < -0.3 is 9.26 Å². The minimum Gasteiger partial charge on any atom is -0.496 e. The molecular weight excluding hydrogens is 488 g/mol. The number of anilines is 1. The van der Waals surface area contributed by atoms with E-state index in [0.717, 1.165) is 11.6 Å². The average molecular weight is 508 g/mol. The lowest BCUT2D eigenvalue weighted by atomic mass is 9.94. The number of fused-ring (bicyclic) bond motifs is 1. The number of nitrogens with zero attached hydrogens (tertiary/aromatic N) is 2. The van der Waals surface area contributed by atoms with Gasteiger partial charge in [0.15, 0.2) is 5.82 Å². The molecule has 0 bridgehead atoms. The molecule has 0 atom stereocenters. The van der Waals surface area contributed by atoms with Crippen molar-refractivity contribution in [3.8, 4) is 28.1 Å². The number of methoxy groups -OCH3 is 1. The fourth-order valence-corrected chi connectivity index (χ4v) is 5.09. The van der Waals surface area contributed by atoms with Crippen LogP contribution < -0.4 is 9.46 Å². The number of halogens is 2. The molecule has 1 N–H and O–H groups in total. The highest BCUT2D eigenvalue weighted by Crippen LogP contribution is 2.39. The van der Waals surface area contributed by atoms with Crippen molar-refractivity contribution in [2.45, 2.75) is 11.8 Å². The standard InChI is InChI=1S/C26H19F2N3O4S/c1-15-9-23(24(34-2)14-22(15)17-10-18(27)13-19(28)11-17)26-21-4-3-20(12-16(21)5-7-29-26)36(32,33)31-25-6-8-35-30-25/h3-14H,1-2H3,(H,30,31). The number of ether oxygens (including phenoxy) is 1. The first-order valence-electron chi connectivity index (χ1n) is 10.7. The topological polar surface area (TPSA) is 94.3 Å². The zero-order chi connectivity index (χ0) is 25.4. The summed E-state index contributed by atoms with van der Waals surface area (Å²) in [6, 6.07) is 14.7. The number of sulfonamides is 1. The van der Waals surface area contributed by atoms with Gasteiger partial charge in [0.1, 0.15) is 23.6 Å². The maximum atomic E-state index is 13.8. The Bertz CT molecular complexity index is 1680. The van der Waals surface area contributed by atoms with Gasteiger partial charge in [-0.3, -0.25) is 9.71 Å². The van der Waals surface area contributed by atoms with Crippen LogP contribution in [-0.2, 0) is 10.0 Å². The summed E-state index contributed by atoms with van der Waals surface area (Å²) >= 11 is 0. The number of nitrogens with one attached hydrogen (secondary N) is 1. The van der Waals surface area contributed by atoms with E-state index in [9.17, 15) is 17.2 Å². The third-order valence-corrected chi connectivity index (χ3v) is 7.05. The lowest BCUT2D eigenvalue weighted by molar-refractivity contribution is 0.416. The molecular formula is C26H19F2N3O4S. The molecule has 0 fully saturated rings. The van der Waals surface area contributed by atoms with Crippen molar-refractivity contribution in [1.82, 2.24) is 10.1 Å². The summed E-state index contributed by atoms with van der Waals surface area (Å²) in [7, 11) is -2.40. The van der Waals surface area contributed by atoms with Crippen LogP contribution in [0.25, 0.3) is 33.2 Å². The number of pyridine rings is 1. The predicted octanol–water partition coefficient (Wildman–Crippen LogP) is 5.95. The van der Waals surface area contributed by atoms with E-state index in [0.29, 0.717) is 38.9 Å². The highest BCUT2D eigenvalue weighted by molar-refractivity contribution is 7.92. The summed E-state index contributed by atoms with van der Waals surface area (Å²) in [6.45, 7) is 1.83. The van der Waals surface area contributed by atoms with Crippen LogP contribution in [0.4, 0.5) is 14.6 Å². The highest BCUT2D eigenvalue weighted by atomic mass is 32.2. The van der Waals surface area contributed by atoms with E-state index in [1.807, 2.05) is 13.0 Å². The molecule has 0 radical (unpaired) electrons. The molecule has 182 valence electrons. The molecule has 2 aromatic heterocycles. The number of aryl methyl sites for hydroxylation is 1. The molecule has 3 aromatic carbocycles. The smallest absolute Gasteiger partial charge is 0.263 e. The molecule has 0 unspecified atom stereocenters. The van der Waals surface area contributed by atoms with Crippen molar-refractivity contribution in [2.24, 2.45) is 0 Å². The fourth-order valence-electron chi connectivity index (χ4n) is 4.06. The first-order chi connectivity index (χ1) is 17.2. The monoisotopic (exact) mass is 507 g/mol. The lowest BCUT2D eigenvalue weighted by Crippen LogP contribution is -2.13. The third-order valence-electron chi connectivity index (χ3n) is 5.70. The molecule has 10 heteroatoms. The van der Waals surface area contributed by atoms with Crippen molar-refractivity contribution >= 4 is 26.6 Å². The predicted molar refractivity (Wildman–Crippen MR) is 131 cm³/mol. The van der Waals surface area contributed by atoms with Crippen LogP contribution >= 0.6 is 0 Å². The van der Waals surface area contributed by atoms with Gasteiger partial charge in [-0.05, 0) is 71.5 Å². The zero-order valence-corrected chi connectivity index (χ0v) is 19.9. The van der Waals surface area contributed by atoms with Gasteiger partial charge in [-0.2, -0.15) is 0 Å². The Labute approximate surface area is 205 Å². The summed E-state index contributed by atoms with van der Waals surface area (Å²) in [5.74, 6) is -0.826. The quantitative estimate of drug-likeness (QED) is 0.305. The van der Waals surface area contributed by atoms with Crippen LogP contribution in [0.1, 0.15) is 5.56 Å². The highest BCUT2D eigenvalue weighted by Gasteiger charge is 2.19. The van der Waals surface area contributed by atoms with E-state index < -0.39 is 21.7 Å². The Morgan fingerprint density at radius 2 is 1.72 bits per heavy atom. The van der Waals surface area contributed by atoms with Crippen molar-refractivity contribution in [1.29, 1.82) is 0 Å². The molecule has 0 spiro atoms. The van der Waals surface area contributed by atoms with E-state index in [1.54, 1.807) is 24.4 Å². The third kappa shape index (κ3) is 4.38. The molecule has 5 aromatic rings. The Kier molecular flexibility index (Phi) is 5.89. The molecule has 36 heavy (non-hydrogen) atoms. The fraction of sp³-hybridized carbons (Fsp3) is 0.0769. The minimum atomic E-state index is -3.89. The number of benzene rings is 3. The molecule has 2 heterocycles. The second-order valence-electron chi connectivity index (χ2n) is 8.06. The van der Waals surface area contributed by atoms with E-state index in [2.05, 4.69) is 19.4 Å². The molecule has 7 nitrogen and oxygen atoms in total. The Balaban J connectivity index is 1.60. The van der Waals surface area contributed by atoms with Gasteiger partial charge >= 0.3 is 0 Å². The van der Waals surface area contributed by atoms with E-state index in [-0.39, 0.29) is 10.7 Å². The summed E-state index contributed by atoms with van der Waals surface area (Å²) < 4.78 is 65.9. The second-order valence-corrected chi connectivity index (χ2v) is 9.74. The largest absolute Gasteiger partial charge is 0.496 e. The summed E-state index contributed by atoms with van der Waals surface area (Å²) in [5, 5.41) is 4.91. The van der Waals surface area contributed by atoms with Crippen molar-refractivity contribution in [3.63, 3.8) is 0 Å². The van der Waals surface area contributed by atoms with Crippen LogP contribution in [0.15, 0.2) is 82.5 Å². The van der Waals surface area contributed by atoms with Crippen molar-refractivity contribution in [3.05, 3.63) is 90.3 Å². The molecule has 0 amide bonds. The normalized spacial score (nSPS) is 11.6. The van der Waals surface area contributed by atoms with Crippen molar-refractivity contribution < 1.29 is 26.5 Å². The van der Waals surface area contributed by atoms with Gasteiger partial charge in [-0.15, -0.1) is 0 Å². The van der Waals surface area contributed by atoms with Gasteiger partial charge in [-0.25, -0.2) is 17.2 Å². The van der Waals surface area contributed by atoms with Crippen LogP contribution in [-0.4, -0.2) is 25.7 Å². The van der Waals surface area contributed by atoms with Gasteiger partial charge in [-0.1, -0.05) is 11.2 Å². The molecule has 5 rings (SSSR count). The number of aromatic nitrogens is 2. The average Bonchev–Trinajstić information content (AvgIpc) is 3.35. The maximum Gasteiger partial charge on any atom is 0.263 e. The Hall–Kier alpha value is -4.31. The summed E-state index contributed by atoms with van der Waals surface area (Å²) in [5.41, 5.74) is 2.97. The van der Waals surface area contributed by atoms with Crippen LogP contribution in [0, 0.1) is 18.6 Å². The van der Waals surface area contributed by atoms with Crippen LogP contribution in [0.3, 0.4) is 0 Å². The Morgan fingerprint density at radius 1 is 0.944 bits per heavy atom. The van der Waals surface area contributed by atoms with E-state index in [1.165, 1.54) is 43.7 Å². The van der Waals surface area contributed by atoms with Gasteiger partial charge in [0.25, 0.3) is 10.0 Å². The first kappa shape index (κ1) is 23.4. The van der Waals surface area contributed by atoms with Gasteiger partial charge in [0.2, 0.25) is 0 Å². The number of hydrogen-bond donors (Lipinski definition) is 1. The number of rotatable bonds is 6. The van der Waals surface area contributed by atoms with Gasteiger partial charge in [0, 0.05) is 29.3 Å². The molecule has 0 saturated heterocycles. The minimum absolute atomic E-state index is 0.0433. The second kappa shape index (κ2) is 9.04.